The first-order valence-electron chi connectivity index (χ1n) is 6.39. The van der Waals surface area contributed by atoms with Gasteiger partial charge in [0.1, 0.15) is 11.6 Å². The van der Waals surface area contributed by atoms with Crippen LogP contribution in [0.1, 0.15) is 45.2 Å². The van der Waals surface area contributed by atoms with Crippen molar-refractivity contribution >= 4 is 11.6 Å². The molecule has 2 unspecified atom stereocenters. The van der Waals surface area contributed by atoms with E-state index in [2.05, 4.69) is 12.2 Å². The van der Waals surface area contributed by atoms with Crippen molar-refractivity contribution in [2.45, 2.75) is 39.7 Å². The van der Waals surface area contributed by atoms with Gasteiger partial charge in [0.2, 0.25) is 0 Å². The second-order valence-electron chi connectivity index (χ2n) is 4.59. The Hall–Kier alpha value is -0.670. The minimum Gasteiger partial charge on any atom is -0.310 e. The van der Waals surface area contributed by atoms with Gasteiger partial charge in [-0.1, -0.05) is 38.8 Å². The average Bonchev–Trinajstić information content (AvgIpc) is 2.31. The van der Waals surface area contributed by atoms with Gasteiger partial charge >= 0.3 is 0 Å². The Morgan fingerprint density at radius 2 is 1.89 bits per heavy atom. The number of hydrogen-bond acceptors (Lipinski definition) is 1. The van der Waals surface area contributed by atoms with Crippen LogP contribution < -0.4 is 5.32 Å². The molecule has 0 fully saturated rings. The third kappa shape index (κ3) is 3.66. The first-order chi connectivity index (χ1) is 8.51. The molecule has 0 bridgehead atoms. The Morgan fingerprint density at radius 1 is 1.22 bits per heavy atom. The maximum Gasteiger partial charge on any atom is 0.142 e. The van der Waals surface area contributed by atoms with Gasteiger partial charge in [0.05, 0.1) is 5.02 Å². The summed E-state index contributed by atoms with van der Waals surface area (Å²) in [6.45, 7) is 6.79. The molecule has 1 aromatic carbocycles. The summed E-state index contributed by atoms with van der Waals surface area (Å²) in [5, 5.41) is 3.05. The van der Waals surface area contributed by atoms with Crippen LogP contribution in [0.15, 0.2) is 12.1 Å². The second-order valence-corrected chi connectivity index (χ2v) is 5.00. The first kappa shape index (κ1) is 15.4. The van der Waals surface area contributed by atoms with Crippen LogP contribution in [0.25, 0.3) is 0 Å². The molecular weight excluding hydrogens is 256 g/mol. The maximum atomic E-state index is 13.9. The maximum absolute atomic E-state index is 13.9. The van der Waals surface area contributed by atoms with E-state index >= 15 is 0 Å². The molecule has 0 aliphatic rings. The van der Waals surface area contributed by atoms with Crippen LogP contribution in [-0.2, 0) is 0 Å². The van der Waals surface area contributed by atoms with Crippen molar-refractivity contribution in [2.75, 3.05) is 6.54 Å². The van der Waals surface area contributed by atoms with Gasteiger partial charge < -0.3 is 5.32 Å². The molecule has 0 aliphatic carbocycles. The molecule has 4 heteroatoms. The molecular formula is C14H20ClF2N. The average molecular weight is 276 g/mol. The smallest absolute Gasteiger partial charge is 0.142 e. The summed E-state index contributed by atoms with van der Waals surface area (Å²) in [6, 6.07) is 2.08. The molecule has 1 aromatic rings. The van der Waals surface area contributed by atoms with Gasteiger partial charge in [0, 0.05) is 11.6 Å². The Bertz CT molecular complexity index is 396. The van der Waals surface area contributed by atoms with Crippen molar-refractivity contribution < 1.29 is 8.78 Å². The number of rotatable bonds is 6. The molecule has 1 rings (SSSR count). The van der Waals surface area contributed by atoms with E-state index in [9.17, 15) is 8.78 Å². The van der Waals surface area contributed by atoms with Gasteiger partial charge in [0.25, 0.3) is 0 Å². The highest BCUT2D eigenvalue weighted by Gasteiger charge is 2.22. The van der Waals surface area contributed by atoms with E-state index in [0.29, 0.717) is 12.1 Å². The summed E-state index contributed by atoms with van der Waals surface area (Å²) >= 11 is 5.57. The number of hydrogen-bond donors (Lipinski definition) is 1. The molecule has 0 aliphatic heterocycles. The van der Waals surface area contributed by atoms with Crippen molar-refractivity contribution in [1.29, 1.82) is 0 Å². The van der Waals surface area contributed by atoms with Gasteiger partial charge in [0.15, 0.2) is 0 Å². The molecule has 0 spiro atoms. The molecule has 0 amide bonds. The molecule has 1 nitrogen and oxygen atoms in total. The Morgan fingerprint density at radius 3 is 2.44 bits per heavy atom. The zero-order chi connectivity index (χ0) is 13.7. The molecule has 0 saturated carbocycles. The molecule has 0 radical (unpaired) electrons. The van der Waals surface area contributed by atoms with E-state index in [1.165, 1.54) is 6.07 Å². The van der Waals surface area contributed by atoms with Gasteiger partial charge in [-0.25, -0.2) is 8.78 Å². The van der Waals surface area contributed by atoms with Crippen molar-refractivity contribution in [2.24, 2.45) is 5.92 Å². The third-order valence-corrected chi connectivity index (χ3v) is 3.40. The SMILES string of the molecule is CCCC(C)C(NCC)c1cc(F)c(Cl)cc1F. The van der Waals surface area contributed by atoms with Gasteiger partial charge in [-0.2, -0.15) is 0 Å². The van der Waals surface area contributed by atoms with Crippen molar-refractivity contribution in [3.8, 4) is 0 Å². The van der Waals surface area contributed by atoms with Crippen LogP contribution in [0.2, 0.25) is 5.02 Å². The van der Waals surface area contributed by atoms with Gasteiger partial charge in [-0.3, -0.25) is 0 Å². The molecule has 1 N–H and O–H groups in total. The van der Waals surface area contributed by atoms with Crippen LogP contribution >= 0.6 is 11.6 Å². The third-order valence-electron chi connectivity index (χ3n) is 3.11. The van der Waals surface area contributed by atoms with Crippen LogP contribution in [0.3, 0.4) is 0 Å². The van der Waals surface area contributed by atoms with E-state index in [4.69, 9.17) is 11.6 Å². The van der Waals surface area contributed by atoms with E-state index in [0.717, 1.165) is 18.9 Å². The summed E-state index contributed by atoms with van der Waals surface area (Å²) in [4.78, 5) is 0. The second kappa shape index (κ2) is 7.05. The summed E-state index contributed by atoms with van der Waals surface area (Å²) in [5.41, 5.74) is 0.361. The Kier molecular flexibility index (Phi) is 6.03. The summed E-state index contributed by atoms with van der Waals surface area (Å²) in [7, 11) is 0. The van der Waals surface area contributed by atoms with E-state index in [1.807, 2.05) is 13.8 Å². The van der Waals surface area contributed by atoms with Crippen LogP contribution in [0.5, 0.6) is 0 Å². The fourth-order valence-electron chi connectivity index (χ4n) is 2.24. The zero-order valence-electron chi connectivity index (χ0n) is 11.1. The van der Waals surface area contributed by atoms with E-state index < -0.39 is 11.6 Å². The van der Waals surface area contributed by atoms with Crippen LogP contribution in [-0.4, -0.2) is 6.54 Å². The number of benzene rings is 1. The minimum atomic E-state index is -0.570. The fourth-order valence-corrected chi connectivity index (χ4v) is 2.39. The predicted molar refractivity (Wildman–Crippen MR) is 71.9 cm³/mol. The van der Waals surface area contributed by atoms with Gasteiger partial charge in [-0.05, 0) is 31.0 Å². The topological polar surface area (TPSA) is 12.0 Å². The lowest BCUT2D eigenvalue weighted by Gasteiger charge is -2.25. The highest BCUT2D eigenvalue weighted by atomic mass is 35.5. The molecule has 0 heterocycles. The molecule has 2 atom stereocenters. The van der Waals surface area contributed by atoms with Crippen LogP contribution in [0.4, 0.5) is 8.78 Å². The Balaban J connectivity index is 3.08. The molecule has 18 heavy (non-hydrogen) atoms. The lowest BCUT2D eigenvalue weighted by molar-refractivity contribution is 0.357. The normalized spacial score (nSPS) is 14.6. The molecule has 102 valence electrons. The van der Waals surface area contributed by atoms with Crippen molar-refractivity contribution in [1.82, 2.24) is 5.32 Å². The van der Waals surface area contributed by atoms with Gasteiger partial charge in [-0.15, -0.1) is 0 Å². The van der Waals surface area contributed by atoms with Crippen molar-refractivity contribution in [3.05, 3.63) is 34.4 Å². The van der Waals surface area contributed by atoms with Crippen molar-refractivity contribution in [3.63, 3.8) is 0 Å². The standard InChI is InChI=1S/C14H20ClF2N/c1-4-6-9(3)14(18-5-2)10-7-13(17)11(15)8-12(10)16/h7-9,14,18H,4-6H2,1-3H3. The van der Waals surface area contributed by atoms with Crippen LogP contribution in [0, 0.1) is 17.6 Å². The quantitative estimate of drug-likeness (QED) is 0.742. The predicted octanol–water partition coefficient (Wildman–Crippen LogP) is 4.71. The lowest BCUT2D eigenvalue weighted by Crippen LogP contribution is -2.27. The minimum absolute atomic E-state index is 0.172. The van der Waals surface area contributed by atoms with E-state index in [1.54, 1.807) is 0 Å². The zero-order valence-corrected chi connectivity index (χ0v) is 11.8. The van der Waals surface area contributed by atoms with E-state index in [-0.39, 0.29) is 17.0 Å². The highest BCUT2D eigenvalue weighted by Crippen LogP contribution is 2.30. The number of halogens is 3. The summed E-state index contributed by atoms with van der Waals surface area (Å²) in [6.07, 6.45) is 1.97. The molecule has 0 aromatic heterocycles. The number of nitrogens with one attached hydrogen (secondary N) is 1. The highest BCUT2D eigenvalue weighted by molar-refractivity contribution is 6.30. The first-order valence-corrected chi connectivity index (χ1v) is 6.76. The summed E-state index contributed by atoms with van der Waals surface area (Å²) < 4.78 is 27.4. The largest absolute Gasteiger partial charge is 0.310 e. The summed E-state index contributed by atoms with van der Waals surface area (Å²) in [5.74, 6) is -0.778. The Labute approximate surface area is 113 Å². The lowest BCUT2D eigenvalue weighted by atomic mass is 9.90. The fraction of sp³-hybridized carbons (Fsp3) is 0.571. The monoisotopic (exact) mass is 275 g/mol. The molecule has 0 saturated heterocycles.